The molecule has 0 saturated heterocycles. The summed E-state index contributed by atoms with van der Waals surface area (Å²) in [5, 5.41) is 16.5. The van der Waals surface area contributed by atoms with Crippen molar-refractivity contribution in [2.24, 2.45) is 5.73 Å². The molecule has 6 heteroatoms. The van der Waals surface area contributed by atoms with Crippen LogP contribution in [-0.4, -0.2) is 28.2 Å². The van der Waals surface area contributed by atoms with Crippen molar-refractivity contribution in [1.29, 1.82) is 0 Å². The van der Waals surface area contributed by atoms with Crippen molar-refractivity contribution in [2.75, 3.05) is 0 Å². The van der Waals surface area contributed by atoms with Crippen molar-refractivity contribution in [3.05, 3.63) is 0 Å². The smallest absolute Gasteiger partial charge is 0.323 e. The molecule has 64 valence electrons. The van der Waals surface area contributed by atoms with Gasteiger partial charge in [0.05, 0.1) is 0 Å². The molecular formula is C5H10N2O4. The summed E-state index contributed by atoms with van der Waals surface area (Å²) < 4.78 is 0. The Morgan fingerprint density at radius 3 is 2.36 bits per heavy atom. The van der Waals surface area contributed by atoms with Gasteiger partial charge < -0.3 is 16.0 Å². The first-order valence-corrected chi connectivity index (χ1v) is 2.98. The Labute approximate surface area is 63.0 Å². The molecule has 0 fully saturated rings. The van der Waals surface area contributed by atoms with E-state index >= 15 is 0 Å². The predicted octanol–water partition coefficient (Wildman–Crippen LogP) is -1.32. The molecular weight excluding hydrogens is 152 g/mol. The van der Waals surface area contributed by atoms with Crippen molar-refractivity contribution in [3.8, 4) is 0 Å². The van der Waals surface area contributed by atoms with Crippen LogP contribution in [0.15, 0.2) is 0 Å². The van der Waals surface area contributed by atoms with Crippen LogP contribution in [0.5, 0.6) is 0 Å². The van der Waals surface area contributed by atoms with Gasteiger partial charge in [0, 0.05) is 6.42 Å². The molecule has 0 bridgehead atoms. The number of hydrogen-bond donors (Lipinski definition) is 4. The largest absolute Gasteiger partial charge is 0.480 e. The molecule has 5 N–H and O–H groups in total. The minimum Gasteiger partial charge on any atom is -0.480 e. The average molecular weight is 162 g/mol. The fraction of sp³-hybridized carbons (Fsp3) is 0.600. The molecule has 0 aliphatic carbocycles. The minimum atomic E-state index is -1.21. The molecule has 0 aliphatic rings. The summed E-state index contributed by atoms with van der Waals surface area (Å²) in [5.74, 6) is -1.81. The summed E-state index contributed by atoms with van der Waals surface area (Å²) in [5.41, 5.74) is 6.30. The van der Waals surface area contributed by atoms with Crippen LogP contribution in [-0.2, 0) is 9.59 Å². The quantitative estimate of drug-likeness (QED) is 0.375. The van der Waals surface area contributed by atoms with Gasteiger partial charge in [0.25, 0.3) is 0 Å². The number of amides is 1. The molecule has 0 radical (unpaired) electrons. The lowest BCUT2D eigenvalue weighted by molar-refractivity contribution is -0.142. The molecule has 0 aromatic carbocycles. The van der Waals surface area contributed by atoms with Crippen LogP contribution in [0.2, 0.25) is 0 Å². The number of carbonyl (C=O) groups is 2. The summed E-state index contributed by atoms with van der Waals surface area (Å²) >= 11 is 0. The van der Waals surface area contributed by atoms with Gasteiger partial charge in [-0.3, -0.25) is 9.59 Å². The number of carboxylic acid groups (broad SMARTS) is 1. The van der Waals surface area contributed by atoms with Crippen LogP contribution >= 0.6 is 0 Å². The number of hydroxylamine groups is 1. The Morgan fingerprint density at radius 2 is 2.09 bits per heavy atom. The highest BCUT2D eigenvalue weighted by molar-refractivity contribution is 5.77. The number of nitrogens with one attached hydrogen (secondary N) is 1. The van der Waals surface area contributed by atoms with E-state index in [2.05, 4.69) is 0 Å². The van der Waals surface area contributed by atoms with E-state index in [1.165, 1.54) is 0 Å². The molecule has 0 rings (SSSR count). The molecule has 1 amide bonds. The fourth-order valence-corrected chi connectivity index (χ4v) is 0.530. The van der Waals surface area contributed by atoms with Crippen LogP contribution in [0, 0.1) is 0 Å². The van der Waals surface area contributed by atoms with Crippen molar-refractivity contribution < 1.29 is 19.9 Å². The number of carbonyl (C=O) groups excluding carboxylic acids is 1. The number of aliphatic carboxylic acids is 1. The maximum atomic E-state index is 10.2. The Balaban J connectivity index is 3.70. The topological polar surface area (TPSA) is 113 Å². The van der Waals surface area contributed by atoms with E-state index in [1.807, 2.05) is 0 Å². The van der Waals surface area contributed by atoms with E-state index in [-0.39, 0.29) is 12.8 Å². The molecule has 0 heterocycles. The third-order valence-electron chi connectivity index (χ3n) is 1.13. The van der Waals surface area contributed by atoms with Gasteiger partial charge in [-0.25, -0.2) is 0 Å². The van der Waals surface area contributed by atoms with Gasteiger partial charge in [0.2, 0.25) is 5.91 Å². The minimum absolute atomic E-state index is 0.0127. The molecule has 0 aromatic heterocycles. The molecule has 0 aromatic rings. The lowest BCUT2D eigenvalue weighted by Gasteiger charge is -2.06. The second kappa shape index (κ2) is 4.64. The lowest BCUT2D eigenvalue weighted by atomic mass is 10.1. The Hall–Kier alpha value is -1.14. The summed E-state index contributed by atoms with van der Waals surface area (Å²) in [6.07, 6.45) is -0.0777. The van der Waals surface area contributed by atoms with Gasteiger partial charge in [0.15, 0.2) is 0 Å². The lowest BCUT2D eigenvalue weighted by Crippen LogP contribution is -2.35. The van der Waals surface area contributed by atoms with Crippen molar-refractivity contribution in [3.63, 3.8) is 0 Å². The monoisotopic (exact) mass is 162 g/mol. The van der Waals surface area contributed by atoms with Gasteiger partial charge in [-0.1, -0.05) is 0 Å². The van der Waals surface area contributed by atoms with E-state index in [1.54, 1.807) is 5.48 Å². The first kappa shape index (κ1) is 9.86. The number of carboxylic acids is 1. The first-order valence-electron chi connectivity index (χ1n) is 2.98. The normalized spacial score (nSPS) is 12.5. The van der Waals surface area contributed by atoms with Gasteiger partial charge in [0.1, 0.15) is 6.04 Å². The Morgan fingerprint density at radius 1 is 1.55 bits per heavy atom. The van der Waals surface area contributed by atoms with Gasteiger partial charge in [-0.15, -0.1) is 0 Å². The van der Waals surface area contributed by atoms with Crippen LogP contribution in [0.4, 0.5) is 0 Å². The van der Waals surface area contributed by atoms with Crippen molar-refractivity contribution in [2.45, 2.75) is 18.9 Å². The molecule has 0 spiro atoms. The SMILES string of the molecule is NC(=O)CCC(NO)C(=O)O. The van der Waals surface area contributed by atoms with Gasteiger partial charge in [-0.2, -0.15) is 5.48 Å². The zero-order valence-corrected chi connectivity index (χ0v) is 5.78. The average Bonchev–Trinajstić information content (AvgIpc) is 1.87. The number of nitrogens with two attached hydrogens (primary N) is 1. The van der Waals surface area contributed by atoms with E-state index < -0.39 is 17.9 Å². The van der Waals surface area contributed by atoms with Crippen LogP contribution in [0.1, 0.15) is 12.8 Å². The number of primary amides is 1. The molecule has 0 aliphatic heterocycles. The highest BCUT2D eigenvalue weighted by atomic mass is 16.5. The second-order valence-electron chi connectivity index (χ2n) is 2.02. The van der Waals surface area contributed by atoms with Crippen LogP contribution in [0.3, 0.4) is 0 Å². The molecule has 0 saturated carbocycles. The number of hydrogen-bond acceptors (Lipinski definition) is 4. The predicted molar refractivity (Wildman–Crippen MR) is 34.8 cm³/mol. The summed E-state index contributed by atoms with van der Waals surface area (Å²) in [6.45, 7) is 0. The van der Waals surface area contributed by atoms with Gasteiger partial charge >= 0.3 is 5.97 Å². The third-order valence-corrected chi connectivity index (χ3v) is 1.13. The standard InChI is InChI=1S/C5H10N2O4/c6-4(8)2-1-3(7-11)5(9)10/h3,7,11H,1-2H2,(H2,6,8)(H,9,10). The zero-order chi connectivity index (χ0) is 8.85. The van der Waals surface area contributed by atoms with E-state index in [4.69, 9.17) is 16.0 Å². The molecule has 6 nitrogen and oxygen atoms in total. The maximum absolute atomic E-state index is 10.2. The van der Waals surface area contributed by atoms with Crippen LogP contribution < -0.4 is 11.2 Å². The Kier molecular flexibility index (Phi) is 4.16. The molecule has 11 heavy (non-hydrogen) atoms. The van der Waals surface area contributed by atoms with E-state index in [9.17, 15) is 9.59 Å². The Bertz CT molecular complexity index is 159. The van der Waals surface area contributed by atoms with Crippen molar-refractivity contribution >= 4 is 11.9 Å². The summed E-state index contributed by atoms with van der Waals surface area (Å²) in [7, 11) is 0. The molecule has 1 unspecified atom stereocenters. The fourth-order valence-electron chi connectivity index (χ4n) is 0.530. The summed E-state index contributed by atoms with van der Waals surface area (Å²) in [6, 6.07) is -1.12. The maximum Gasteiger partial charge on any atom is 0.323 e. The van der Waals surface area contributed by atoms with Crippen molar-refractivity contribution in [1.82, 2.24) is 5.48 Å². The molecule has 1 atom stereocenters. The third kappa shape index (κ3) is 4.29. The van der Waals surface area contributed by atoms with Gasteiger partial charge in [-0.05, 0) is 6.42 Å². The first-order chi connectivity index (χ1) is 5.07. The van der Waals surface area contributed by atoms with E-state index in [0.29, 0.717) is 0 Å². The highest BCUT2D eigenvalue weighted by Crippen LogP contribution is 1.95. The second-order valence-corrected chi connectivity index (χ2v) is 2.02. The number of rotatable bonds is 5. The summed E-state index contributed by atoms with van der Waals surface area (Å²) in [4.78, 5) is 20.3. The highest BCUT2D eigenvalue weighted by Gasteiger charge is 2.15. The van der Waals surface area contributed by atoms with Crippen LogP contribution in [0.25, 0.3) is 0 Å². The van der Waals surface area contributed by atoms with E-state index in [0.717, 1.165) is 0 Å². The zero-order valence-electron chi connectivity index (χ0n) is 5.78.